The number of cyclic esters (lactones) is 1. The first kappa shape index (κ1) is 10.8. The Hall–Kier alpha value is -1.32. The van der Waals surface area contributed by atoms with Gasteiger partial charge in [0.05, 0.1) is 25.0 Å². The SMILES string of the molecule is C=C1C[C@H]2C[C@@H]3C(=O)OC[C@@H]3[C@@]2(C(=O)OC)C1. The highest BCUT2D eigenvalue weighted by Gasteiger charge is 2.66. The zero-order valence-corrected chi connectivity index (χ0v) is 9.90. The number of fused-ring (bicyclic) bond motifs is 3. The fourth-order valence-electron chi connectivity index (χ4n) is 4.10. The monoisotopic (exact) mass is 236 g/mol. The molecule has 0 amide bonds. The fraction of sp³-hybridized carbons (Fsp3) is 0.692. The van der Waals surface area contributed by atoms with Crippen LogP contribution in [0.4, 0.5) is 0 Å². The number of carbonyl (C=O) groups is 2. The van der Waals surface area contributed by atoms with Gasteiger partial charge in [0.25, 0.3) is 0 Å². The molecule has 4 heteroatoms. The summed E-state index contributed by atoms with van der Waals surface area (Å²) in [5.74, 6) is -0.227. The Balaban J connectivity index is 2.03. The van der Waals surface area contributed by atoms with Gasteiger partial charge in [0.1, 0.15) is 0 Å². The summed E-state index contributed by atoms with van der Waals surface area (Å²) in [7, 11) is 1.42. The molecule has 1 aliphatic heterocycles. The largest absolute Gasteiger partial charge is 0.469 e. The van der Waals surface area contributed by atoms with E-state index in [1.165, 1.54) is 7.11 Å². The van der Waals surface area contributed by atoms with E-state index in [4.69, 9.17) is 9.47 Å². The van der Waals surface area contributed by atoms with Crippen LogP contribution in [-0.2, 0) is 19.1 Å². The smallest absolute Gasteiger partial charge is 0.312 e. The van der Waals surface area contributed by atoms with Crippen molar-refractivity contribution in [3.8, 4) is 0 Å². The predicted octanol–water partition coefficient (Wildman–Crippen LogP) is 1.30. The highest BCUT2D eigenvalue weighted by molar-refractivity contribution is 5.84. The highest BCUT2D eigenvalue weighted by atomic mass is 16.5. The minimum atomic E-state index is -0.539. The van der Waals surface area contributed by atoms with E-state index in [2.05, 4.69) is 6.58 Å². The minimum absolute atomic E-state index is 0.00769. The van der Waals surface area contributed by atoms with Crippen LogP contribution in [0, 0.1) is 23.2 Å². The second-order valence-corrected chi connectivity index (χ2v) is 5.44. The van der Waals surface area contributed by atoms with Crippen LogP contribution in [0.2, 0.25) is 0 Å². The first-order valence-corrected chi connectivity index (χ1v) is 6.01. The van der Waals surface area contributed by atoms with Crippen LogP contribution in [-0.4, -0.2) is 25.7 Å². The van der Waals surface area contributed by atoms with E-state index in [0.717, 1.165) is 18.4 Å². The van der Waals surface area contributed by atoms with E-state index in [-0.39, 0.29) is 29.7 Å². The molecule has 2 saturated carbocycles. The molecule has 0 aromatic carbocycles. The molecule has 17 heavy (non-hydrogen) atoms. The molecule has 0 radical (unpaired) electrons. The van der Waals surface area contributed by atoms with Crippen molar-refractivity contribution in [2.75, 3.05) is 13.7 Å². The van der Waals surface area contributed by atoms with Crippen LogP contribution in [0.1, 0.15) is 19.3 Å². The number of ether oxygens (including phenoxy) is 2. The average molecular weight is 236 g/mol. The quantitative estimate of drug-likeness (QED) is 0.508. The molecule has 0 unspecified atom stereocenters. The second-order valence-electron chi connectivity index (χ2n) is 5.44. The van der Waals surface area contributed by atoms with Crippen molar-refractivity contribution in [1.29, 1.82) is 0 Å². The molecule has 3 fully saturated rings. The van der Waals surface area contributed by atoms with Crippen LogP contribution in [0.5, 0.6) is 0 Å². The fourth-order valence-corrected chi connectivity index (χ4v) is 4.10. The molecule has 0 aromatic heterocycles. The number of methoxy groups -OCH3 is 1. The first-order valence-electron chi connectivity index (χ1n) is 6.01. The Kier molecular flexibility index (Phi) is 2.12. The molecule has 3 rings (SSSR count). The Bertz CT molecular complexity index is 414. The molecule has 0 spiro atoms. The maximum Gasteiger partial charge on any atom is 0.312 e. The summed E-state index contributed by atoms with van der Waals surface area (Å²) in [4.78, 5) is 23.8. The van der Waals surface area contributed by atoms with Gasteiger partial charge >= 0.3 is 11.9 Å². The molecule has 2 aliphatic carbocycles. The molecule has 0 aromatic rings. The number of hydrogen-bond acceptors (Lipinski definition) is 4. The van der Waals surface area contributed by atoms with E-state index in [0.29, 0.717) is 13.0 Å². The van der Waals surface area contributed by atoms with E-state index in [1.54, 1.807) is 0 Å². The zero-order chi connectivity index (χ0) is 12.2. The van der Waals surface area contributed by atoms with E-state index >= 15 is 0 Å². The van der Waals surface area contributed by atoms with Crippen LogP contribution in [0.3, 0.4) is 0 Å². The van der Waals surface area contributed by atoms with Gasteiger partial charge in [-0.05, 0) is 25.2 Å². The van der Waals surface area contributed by atoms with Gasteiger partial charge in [-0.2, -0.15) is 0 Å². The standard InChI is InChI=1S/C13H16O4/c1-7-3-8-4-9-10(6-17-11(9)14)13(8,5-7)12(15)16-2/h8-10H,1,3-6H2,2H3/t8-,9-,10-,13+/m0/s1. The predicted molar refractivity (Wildman–Crippen MR) is 58.9 cm³/mol. The lowest BCUT2D eigenvalue weighted by Crippen LogP contribution is -2.39. The van der Waals surface area contributed by atoms with E-state index in [9.17, 15) is 9.59 Å². The summed E-state index contributed by atoms with van der Waals surface area (Å²) in [5, 5.41) is 0. The topological polar surface area (TPSA) is 52.6 Å². The van der Waals surface area contributed by atoms with Crippen LogP contribution in [0.15, 0.2) is 12.2 Å². The van der Waals surface area contributed by atoms with Gasteiger partial charge in [0.2, 0.25) is 0 Å². The van der Waals surface area contributed by atoms with Crippen molar-refractivity contribution in [3.05, 3.63) is 12.2 Å². The first-order chi connectivity index (χ1) is 8.09. The van der Waals surface area contributed by atoms with Crippen LogP contribution in [0.25, 0.3) is 0 Å². The molecule has 4 atom stereocenters. The number of carbonyl (C=O) groups excluding carboxylic acids is 2. The summed E-state index contributed by atoms with van der Waals surface area (Å²) in [6, 6.07) is 0. The van der Waals surface area contributed by atoms with Gasteiger partial charge in [-0.25, -0.2) is 0 Å². The molecular weight excluding hydrogens is 220 g/mol. The molecule has 92 valence electrons. The van der Waals surface area contributed by atoms with Crippen molar-refractivity contribution in [1.82, 2.24) is 0 Å². The number of allylic oxidation sites excluding steroid dienone is 1. The Morgan fingerprint density at radius 1 is 1.59 bits per heavy atom. The summed E-state index contributed by atoms with van der Waals surface area (Å²) < 4.78 is 10.1. The Morgan fingerprint density at radius 3 is 3.06 bits per heavy atom. The molecule has 1 heterocycles. The van der Waals surface area contributed by atoms with Gasteiger partial charge in [-0.15, -0.1) is 0 Å². The highest BCUT2D eigenvalue weighted by Crippen LogP contribution is 2.63. The van der Waals surface area contributed by atoms with Crippen LogP contribution < -0.4 is 0 Å². The molecule has 1 saturated heterocycles. The Labute approximate surface area is 100.0 Å². The lowest BCUT2D eigenvalue weighted by molar-refractivity contribution is -0.157. The summed E-state index contributed by atoms with van der Waals surface area (Å²) in [5.41, 5.74) is 0.557. The minimum Gasteiger partial charge on any atom is -0.469 e. The van der Waals surface area contributed by atoms with Gasteiger partial charge in [-0.3, -0.25) is 9.59 Å². The van der Waals surface area contributed by atoms with Crippen molar-refractivity contribution in [2.45, 2.75) is 19.3 Å². The molecule has 4 nitrogen and oxygen atoms in total. The lowest BCUT2D eigenvalue weighted by Gasteiger charge is -2.30. The summed E-state index contributed by atoms with van der Waals surface area (Å²) >= 11 is 0. The summed E-state index contributed by atoms with van der Waals surface area (Å²) in [6.07, 6.45) is 2.25. The zero-order valence-electron chi connectivity index (χ0n) is 9.90. The third-order valence-electron chi connectivity index (χ3n) is 4.77. The summed E-state index contributed by atoms with van der Waals surface area (Å²) in [6.45, 7) is 4.36. The van der Waals surface area contributed by atoms with Gasteiger partial charge in [-0.1, -0.05) is 12.2 Å². The van der Waals surface area contributed by atoms with Gasteiger partial charge < -0.3 is 9.47 Å². The van der Waals surface area contributed by atoms with Crippen molar-refractivity contribution >= 4 is 11.9 Å². The van der Waals surface area contributed by atoms with E-state index < -0.39 is 5.41 Å². The number of esters is 2. The molecule has 0 N–H and O–H groups in total. The number of hydrogen-bond donors (Lipinski definition) is 0. The second kappa shape index (κ2) is 3.34. The normalized spacial score (nSPS) is 43.2. The molecular formula is C13H16O4. The third kappa shape index (κ3) is 1.18. The molecule has 3 aliphatic rings. The lowest BCUT2D eigenvalue weighted by atomic mass is 9.73. The maximum absolute atomic E-state index is 12.2. The Morgan fingerprint density at radius 2 is 2.35 bits per heavy atom. The van der Waals surface area contributed by atoms with E-state index in [1.807, 2.05) is 0 Å². The van der Waals surface area contributed by atoms with Crippen molar-refractivity contribution in [3.63, 3.8) is 0 Å². The van der Waals surface area contributed by atoms with Crippen LogP contribution >= 0.6 is 0 Å². The van der Waals surface area contributed by atoms with Crippen molar-refractivity contribution in [2.24, 2.45) is 23.2 Å². The molecule has 0 bridgehead atoms. The van der Waals surface area contributed by atoms with Gasteiger partial charge in [0, 0.05) is 5.92 Å². The average Bonchev–Trinajstić information content (AvgIpc) is 2.88. The number of rotatable bonds is 1. The maximum atomic E-state index is 12.2. The van der Waals surface area contributed by atoms with Crippen molar-refractivity contribution < 1.29 is 19.1 Å². The third-order valence-corrected chi connectivity index (χ3v) is 4.77. The van der Waals surface area contributed by atoms with Gasteiger partial charge in [0.15, 0.2) is 0 Å².